The van der Waals surface area contributed by atoms with Gasteiger partial charge in [0.15, 0.2) is 0 Å². The fraction of sp³-hybridized carbons (Fsp3) is 0.115. The lowest BCUT2D eigenvalue weighted by molar-refractivity contribution is 0.124. The summed E-state index contributed by atoms with van der Waals surface area (Å²) in [6.07, 6.45) is 2.66. The molecule has 29 heavy (non-hydrogen) atoms. The van der Waals surface area contributed by atoms with E-state index in [1.54, 1.807) is 0 Å². The highest BCUT2D eigenvalue weighted by Gasteiger charge is 2.19. The Morgan fingerprint density at radius 1 is 0.655 bits per heavy atom. The Bertz CT molecular complexity index is 967. The van der Waals surface area contributed by atoms with Gasteiger partial charge >= 0.3 is 0 Å². The molecule has 0 saturated heterocycles. The van der Waals surface area contributed by atoms with Crippen molar-refractivity contribution in [3.63, 3.8) is 0 Å². The van der Waals surface area contributed by atoms with E-state index in [1.807, 2.05) is 24.4 Å². The van der Waals surface area contributed by atoms with Crippen LogP contribution in [0.3, 0.4) is 0 Å². The monoisotopic (exact) mass is 397 g/mol. The van der Waals surface area contributed by atoms with E-state index < -0.39 is 7.92 Å². The second-order valence-electron chi connectivity index (χ2n) is 6.76. The molecule has 144 valence electrons. The third kappa shape index (κ3) is 5.17. The van der Waals surface area contributed by atoms with Gasteiger partial charge in [-0.15, -0.1) is 0 Å². The van der Waals surface area contributed by atoms with Crippen LogP contribution >= 0.6 is 7.92 Å². The molecule has 0 atom stereocenters. The van der Waals surface area contributed by atoms with Gasteiger partial charge < -0.3 is 4.74 Å². The summed E-state index contributed by atoms with van der Waals surface area (Å²) in [6, 6.07) is 36.3. The smallest absolute Gasteiger partial charge is 0.0723 e. The zero-order chi connectivity index (χ0) is 19.7. The van der Waals surface area contributed by atoms with Crippen molar-refractivity contribution in [3.8, 4) is 0 Å². The van der Waals surface area contributed by atoms with Crippen LogP contribution in [-0.4, -0.2) is 11.6 Å². The molecular formula is C26H24NOP. The maximum atomic E-state index is 6.06. The minimum Gasteiger partial charge on any atom is -0.376 e. The first-order valence-electron chi connectivity index (χ1n) is 9.87. The number of hydrogen-bond donors (Lipinski definition) is 0. The number of pyridine rings is 1. The fourth-order valence-corrected chi connectivity index (χ4v) is 5.79. The van der Waals surface area contributed by atoms with Crippen molar-refractivity contribution in [1.82, 2.24) is 4.98 Å². The van der Waals surface area contributed by atoms with Crippen molar-refractivity contribution in [2.45, 2.75) is 13.0 Å². The molecule has 4 rings (SSSR count). The topological polar surface area (TPSA) is 22.1 Å². The Morgan fingerprint density at radius 3 is 1.93 bits per heavy atom. The lowest BCUT2D eigenvalue weighted by atomic mass is 10.2. The Morgan fingerprint density at radius 2 is 1.28 bits per heavy atom. The fourth-order valence-electron chi connectivity index (χ4n) is 3.34. The highest BCUT2D eigenvalue weighted by molar-refractivity contribution is 7.79. The summed E-state index contributed by atoms with van der Waals surface area (Å²) in [6.45, 7) is 1.28. The first-order chi connectivity index (χ1) is 14.4. The minimum absolute atomic E-state index is 0.613. The van der Waals surface area contributed by atoms with Gasteiger partial charge in [0.05, 0.1) is 13.2 Å². The molecule has 1 heterocycles. The Labute approximate surface area is 174 Å². The van der Waals surface area contributed by atoms with Gasteiger partial charge in [-0.3, -0.25) is 4.98 Å². The van der Waals surface area contributed by atoms with Crippen molar-refractivity contribution < 1.29 is 4.74 Å². The third-order valence-electron chi connectivity index (χ3n) is 4.75. The van der Waals surface area contributed by atoms with Gasteiger partial charge in [0.25, 0.3) is 0 Å². The number of benzene rings is 3. The van der Waals surface area contributed by atoms with Gasteiger partial charge in [0.1, 0.15) is 0 Å². The predicted molar refractivity (Wildman–Crippen MR) is 123 cm³/mol. The van der Waals surface area contributed by atoms with Gasteiger partial charge in [-0.2, -0.15) is 0 Å². The van der Waals surface area contributed by atoms with E-state index >= 15 is 0 Å². The lowest BCUT2D eigenvalue weighted by Gasteiger charge is -2.22. The molecule has 0 aliphatic rings. The first kappa shape index (κ1) is 19.5. The van der Waals surface area contributed by atoms with E-state index in [0.29, 0.717) is 13.2 Å². The normalized spacial score (nSPS) is 10.9. The zero-order valence-corrected chi connectivity index (χ0v) is 17.2. The molecule has 1 aromatic heterocycles. The van der Waals surface area contributed by atoms with E-state index in [9.17, 15) is 0 Å². The van der Waals surface area contributed by atoms with Crippen LogP contribution in [0, 0.1) is 0 Å². The molecule has 0 radical (unpaired) electrons. The van der Waals surface area contributed by atoms with E-state index in [4.69, 9.17) is 4.74 Å². The minimum atomic E-state index is -0.624. The Hall–Kier alpha value is -2.80. The molecule has 0 bridgehead atoms. The SMILES string of the molecule is c1ccc(P(c2ccccc2)c2ccccc2COCCc2ccccn2)cc1. The summed E-state index contributed by atoms with van der Waals surface area (Å²) in [5, 5.41) is 4.07. The number of nitrogens with zero attached hydrogens (tertiary/aromatic N) is 1. The van der Waals surface area contributed by atoms with Crippen LogP contribution in [0.2, 0.25) is 0 Å². The maximum Gasteiger partial charge on any atom is 0.0723 e. The number of rotatable bonds is 8. The summed E-state index contributed by atoms with van der Waals surface area (Å²) in [5.41, 5.74) is 2.32. The van der Waals surface area contributed by atoms with Crippen molar-refractivity contribution in [2.75, 3.05) is 6.61 Å². The van der Waals surface area contributed by atoms with E-state index in [0.717, 1.165) is 12.1 Å². The molecule has 0 aliphatic carbocycles. The number of aromatic nitrogens is 1. The molecule has 3 aromatic carbocycles. The van der Waals surface area contributed by atoms with E-state index in [1.165, 1.54) is 21.5 Å². The van der Waals surface area contributed by atoms with Crippen molar-refractivity contribution >= 4 is 23.8 Å². The first-order valence-corrected chi connectivity index (χ1v) is 11.2. The molecule has 4 aromatic rings. The van der Waals surface area contributed by atoms with Gasteiger partial charge in [-0.05, 0) is 41.5 Å². The van der Waals surface area contributed by atoms with Gasteiger partial charge in [-0.25, -0.2) is 0 Å². The third-order valence-corrected chi connectivity index (χ3v) is 7.29. The molecule has 0 aliphatic heterocycles. The van der Waals surface area contributed by atoms with Crippen LogP contribution in [0.15, 0.2) is 109 Å². The molecule has 0 unspecified atom stereocenters. The van der Waals surface area contributed by atoms with Gasteiger partial charge in [0.2, 0.25) is 0 Å². The molecule has 0 amide bonds. The highest BCUT2D eigenvalue weighted by Crippen LogP contribution is 2.34. The largest absolute Gasteiger partial charge is 0.376 e. The van der Waals surface area contributed by atoms with E-state index in [-0.39, 0.29) is 0 Å². The average molecular weight is 397 g/mol. The number of hydrogen-bond acceptors (Lipinski definition) is 2. The summed E-state index contributed by atoms with van der Waals surface area (Å²) >= 11 is 0. The average Bonchev–Trinajstić information content (AvgIpc) is 2.80. The van der Waals surface area contributed by atoms with Crippen molar-refractivity contribution in [1.29, 1.82) is 0 Å². The molecule has 0 saturated carbocycles. The number of ether oxygens (including phenoxy) is 1. The van der Waals surface area contributed by atoms with Crippen LogP contribution in [-0.2, 0) is 17.8 Å². The van der Waals surface area contributed by atoms with E-state index in [2.05, 4.69) is 89.9 Å². The Kier molecular flexibility index (Phi) is 6.81. The maximum absolute atomic E-state index is 6.06. The predicted octanol–water partition coefficient (Wildman–Crippen LogP) is 4.60. The summed E-state index contributed by atoms with van der Waals surface area (Å²) < 4.78 is 6.06. The van der Waals surface area contributed by atoms with Crippen LogP contribution in [0.25, 0.3) is 0 Å². The lowest BCUT2D eigenvalue weighted by Crippen LogP contribution is -2.23. The van der Waals surface area contributed by atoms with Gasteiger partial charge in [-0.1, -0.05) is 91.0 Å². The van der Waals surface area contributed by atoms with Crippen molar-refractivity contribution in [3.05, 3.63) is 121 Å². The molecular weight excluding hydrogens is 373 g/mol. The second kappa shape index (κ2) is 10.1. The van der Waals surface area contributed by atoms with Crippen LogP contribution < -0.4 is 15.9 Å². The molecule has 0 fully saturated rings. The zero-order valence-electron chi connectivity index (χ0n) is 16.3. The van der Waals surface area contributed by atoms with Gasteiger partial charge in [0, 0.05) is 18.3 Å². The molecule has 3 heteroatoms. The molecule has 0 N–H and O–H groups in total. The summed E-state index contributed by atoms with van der Waals surface area (Å²) in [7, 11) is -0.624. The second-order valence-corrected chi connectivity index (χ2v) is 8.94. The standard InChI is InChI=1S/C26H24NOP/c1-3-13-24(14-4-1)29(25-15-5-2-6-16-25)26-17-8-7-11-22(26)21-28-20-18-23-12-9-10-19-27-23/h1-17,19H,18,20-21H2. The Balaban J connectivity index is 1.56. The summed E-state index contributed by atoms with van der Waals surface area (Å²) in [5.74, 6) is 0. The quantitative estimate of drug-likeness (QED) is 0.320. The highest BCUT2D eigenvalue weighted by atomic mass is 31.1. The molecule has 0 spiro atoms. The van der Waals surface area contributed by atoms with Crippen molar-refractivity contribution in [2.24, 2.45) is 0 Å². The van der Waals surface area contributed by atoms with Crippen LogP contribution in [0.4, 0.5) is 0 Å². The molecule has 2 nitrogen and oxygen atoms in total. The summed E-state index contributed by atoms with van der Waals surface area (Å²) in [4.78, 5) is 4.37. The van der Waals surface area contributed by atoms with Crippen LogP contribution in [0.5, 0.6) is 0 Å². The van der Waals surface area contributed by atoms with Crippen LogP contribution in [0.1, 0.15) is 11.3 Å².